The molecule has 5 nitrogen and oxygen atoms in total. The maximum Gasteiger partial charge on any atom is 0.255 e. The highest BCUT2D eigenvalue weighted by Gasteiger charge is 2.18. The van der Waals surface area contributed by atoms with Crippen molar-refractivity contribution in [2.24, 2.45) is 0 Å². The molecule has 0 aliphatic rings. The minimum Gasteiger partial charge on any atom is -0.332 e. The molecule has 0 atom stereocenters. The number of pyridine rings is 1. The number of aromatic nitrogens is 1. The molecule has 0 bridgehead atoms. The lowest BCUT2D eigenvalue weighted by Crippen LogP contribution is -2.35. The summed E-state index contributed by atoms with van der Waals surface area (Å²) >= 11 is 0. The second kappa shape index (κ2) is 9.15. The molecular weight excluding hydrogens is 362 g/mol. The van der Waals surface area contributed by atoms with E-state index in [1.54, 1.807) is 13.1 Å². The van der Waals surface area contributed by atoms with Crippen LogP contribution in [0.15, 0.2) is 66.7 Å². The van der Waals surface area contributed by atoms with Gasteiger partial charge in [0.15, 0.2) is 0 Å². The summed E-state index contributed by atoms with van der Waals surface area (Å²) in [6, 6.07) is 21.1. The molecule has 3 rings (SSSR count). The zero-order chi connectivity index (χ0) is 20.8. The minimum absolute atomic E-state index is 0.0310. The van der Waals surface area contributed by atoms with Crippen LogP contribution in [0.25, 0.3) is 11.3 Å². The Morgan fingerprint density at radius 1 is 0.966 bits per heavy atom. The molecule has 1 aromatic heterocycles. The van der Waals surface area contributed by atoms with Gasteiger partial charge >= 0.3 is 0 Å². The summed E-state index contributed by atoms with van der Waals surface area (Å²) in [4.78, 5) is 31.2. The standard InChI is InChI=1S/C24H25N3O2/c1-4-18-10-8-9-13-21(18)26-23(28)16-27(3)24(29)20-14-15-22(25-17(20)2)19-11-6-5-7-12-19/h5-15H,4,16H2,1-3H3,(H,26,28). The molecule has 0 fully saturated rings. The molecule has 2 aromatic carbocycles. The summed E-state index contributed by atoms with van der Waals surface area (Å²) in [5, 5.41) is 2.90. The van der Waals surface area contributed by atoms with Gasteiger partial charge < -0.3 is 10.2 Å². The molecule has 1 N–H and O–H groups in total. The largest absolute Gasteiger partial charge is 0.332 e. The van der Waals surface area contributed by atoms with E-state index in [4.69, 9.17) is 0 Å². The van der Waals surface area contributed by atoms with E-state index in [2.05, 4.69) is 10.3 Å². The molecule has 1 heterocycles. The third-order valence-corrected chi connectivity index (χ3v) is 4.79. The summed E-state index contributed by atoms with van der Waals surface area (Å²) < 4.78 is 0. The molecule has 29 heavy (non-hydrogen) atoms. The Hall–Kier alpha value is -3.47. The molecule has 0 radical (unpaired) electrons. The van der Waals surface area contributed by atoms with Crippen molar-refractivity contribution in [3.8, 4) is 11.3 Å². The Kier molecular flexibility index (Phi) is 6.39. The summed E-state index contributed by atoms with van der Waals surface area (Å²) in [5.74, 6) is -0.457. The fraction of sp³-hybridized carbons (Fsp3) is 0.208. The van der Waals surface area contributed by atoms with Crippen molar-refractivity contribution in [2.75, 3.05) is 18.9 Å². The molecule has 2 amide bonds. The van der Waals surface area contributed by atoms with Crippen LogP contribution in [0.5, 0.6) is 0 Å². The van der Waals surface area contributed by atoms with Gasteiger partial charge in [0, 0.05) is 18.3 Å². The molecule has 0 spiro atoms. The third-order valence-electron chi connectivity index (χ3n) is 4.79. The van der Waals surface area contributed by atoms with Crippen LogP contribution in [0.1, 0.15) is 28.5 Å². The zero-order valence-corrected chi connectivity index (χ0v) is 17.0. The van der Waals surface area contributed by atoms with E-state index in [9.17, 15) is 9.59 Å². The third kappa shape index (κ3) is 4.88. The number of amides is 2. The molecule has 0 aliphatic heterocycles. The first-order valence-electron chi connectivity index (χ1n) is 9.66. The van der Waals surface area contributed by atoms with Crippen LogP contribution in [0.4, 0.5) is 5.69 Å². The van der Waals surface area contributed by atoms with Crippen LogP contribution >= 0.6 is 0 Å². The van der Waals surface area contributed by atoms with E-state index in [-0.39, 0.29) is 18.4 Å². The molecule has 0 aliphatic carbocycles. The van der Waals surface area contributed by atoms with Crippen LogP contribution in [0.2, 0.25) is 0 Å². The van der Waals surface area contributed by atoms with E-state index in [0.717, 1.165) is 28.9 Å². The SMILES string of the molecule is CCc1ccccc1NC(=O)CN(C)C(=O)c1ccc(-c2ccccc2)nc1C. The maximum atomic E-state index is 12.8. The van der Waals surface area contributed by atoms with E-state index >= 15 is 0 Å². The van der Waals surface area contributed by atoms with Gasteiger partial charge in [-0.2, -0.15) is 0 Å². The van der Waals surface area contributed by atoms with Gasteiger partial charge in [-0.05, 0) is 37.1 Å². The Morgan fingerprint density at radius 2 is 1.66 bits per heavy atom. The number of carbonyl (C=O) groups is 2. The van der Waals surface area contributed by atoms with Gasteiger partial charge in [-0.15, -0.1) is 0 Å². The van der Waals surface area contributed by atoms with Crippen molar-refractivity contribution in [2.45, 2.75) is 20.3 Å². The van der Waals surface area contributed by atoms with Gasteiger partial charge in [-0.1, -0.05) is 55.5 Å². The number of benzene rings is 2. The fourth-order valence-corrected chi connectivity index (χ4v) is 3.19. The van der Waals surface area contributed by atoms with E-state index < -0.39 is 0 Å². The lowest BCUT2D eigenvalue weighted by atomic mass is 10.1. The molecule has 3 aromatic rings. The van der Waals surface area contributed by atoms with E-state index in [0.29, 0.717) is 11.3 Å². The van der Waals surface area contributed by atoms with Gasteiger partial charge in [0.1, 0.15) is 0 Å². The molecule has 5 heteroatoms. The number of nitrogens with zero attached hydrogens (tertiary/aromatic N) is 2. The van der Waals surface area contributed by atoms with Crippen LogP contribution in [0.3, 0.4) is 0 Å². The van der Waals surface area contributed by atoms with Gasteiger partial charge in [-0.3, -0.25) is 14.6 Å². The summed E-state index contributed by atoms with van der Waals surface area (Å²) in [6.45, 7) is 3.82. The first-order chi connectivity index (χ1) is 14.0. The molecule has 0 saturated carbocycles. The zero-order valence-electron chi connectivity index (χ0n) is 17.0. The number of nitrogens with one attached hydrogen (secondary N) is 1. The number of anilines is 1. The molecule has 0 unspecified atom stereocenters. The van der Waals surface area contributed by atoms with Gasteiger partial charge in [0.25, 0.3) is 5.91 Å². The number of aryl methyl sites for hydroxylation is 2. The fourth-order valence-electron chi connectivity index (χ4n) is 3.19. The predicted molar refractivity (Wildman–Crippen MR) is 116 cm³/mol. The van der Waals surface area contributed by atoms with Crippen LogP contribution in [-0.2, 0) is 11.2 Å². The monoisotopic (exact) mass is 387 g/mol. The average molecular weight is 387 g/mol. The smallest absolute Gasteiger partial charge is 0.255 e. The first kappa shape index (κ1) is 20.3. The Labute approximate surface area is 171 Å². The highest BCUT2D eigenvalue weighted by atomic mass is 16.2. The lowest BCUT2D eigenvalue weighted by Gasteiger charge is -2.18. The highest BCUT2D eigenvalue weighted by molar-refractivity contribution is 6.00. The van der Waals surface area contributed by atoms with Crippen LogP contribution in [-0.4, -0.2) is 35.3 Å². The Bertz CT molecular complexity index is 1020. The van der Waals surface area contributed by atoms with E-state index in [1.165, 1.54) is 4.90 Å². The quantitative estimate of drug-likeness (QED) is 0.685. The second-order valence-electron chi connectivity index (χ2n) is 6.92. The van der Waals surface area contributed by atoms with Gasteiger partial charge in [-0.25, -0.2) is 0 Å². The van der Waals surface area contributed by atoms with Crippen molar-refractivity contribution in [3.63, 3.8) is 0 Å². The van der Waals surface area contributed by atoms with Crippen molar-refractivity contribution >= 4 is 17.5 Å². The van der Waals surface area contributed by atoms with Crippen molar-refractivity contribution in [3.05, 3.63) is 83.6 Å². The normalized spacial score (nSPS) is 10.4. The number of hydrogen-bond acceptors (Lipinski definition) is 3. The molecule has 148 valence electrons. The van der Waals surface area contributed by atoms with Crippen molar-refractivity contribution < 1.29 is 9.59 Å². The first-order valence-corrected chi connectivity index (χ1v) is 9.66. The minimum atomic E-state index is -0.228. The summed E-state index contributed by atoms with van der Waals surface area (Å²) in [6.07, 6.45) is 0.823. The lowest BCUT2D eigenvalue weighted by molar-refractivity contribution is -0.116. The topological polar surface area (TPSA) is 62.3 Å². The number of para-hydroxylation sites is 1. The maximum absolute atomic E-state index is 12.8. The highest BCUT2D eigenvalue weighted by Crippen LogP contribution is 2.19. The Morgan fingerprint density at radius 3 is 2.34 bits per heavy atom. The van der Waals surface area contributed by atoms with Crippen molar-refractivity contribution in [1.82, 2.24) is 9.88 Å². The number of hydrogen-bond donors (Lipinski definition) is 1. The second-order valence-corrected chi connectivity index (χ2v) is 6.92. The summed E-state index contributed by atoms with van der Waals surface area (Å²) in [5.41, 5.74) is 4.79. The summed E-state index contributed by atoms with van der Waals surface area (Å²) in [7, 11) is 1.62. The number of rotatable bonds is 6. The van der Waals surface area contributed by atoms with Crippen LogP contribution in [0, 0.1) is 6.92 Å². The molecular formula is C24H25N3O2. The average Bonchev–Trinajstić information content (AvgIpc) is 2.74. The van der Waals surface area contributed by atoms with Gasteiger partial charge in [0.05, 0.1) is 23.5 Å². The molecule has 0 saturated heterocycles. The predicted octanol–water partition coefficient (Wildman–Crippen LogP) is 4.33. The van der Waals surface area contributed by atoms with Gasteiger partial charge in [0.2, 0.25) is 5.91 Å². The number of likely N-dealkylation sites (N-methyl/N-ethyl adjacent to an activating group) is 1. The van der Waals surface area contributed by atoms with Crippen molar-refractivity contribution in [1.29, 1.82) is 0 Å². The number of carbonyl (C=O) groups excluding carboxylic acids is 2. The van der Waals surface area contributed by atoms with E-state index in [1.807, 2.05) is 74.5 Å². The van der Waals surface area contributed by atoms with Crippen LogP contribution < -0.4 is 5.32 Å². The Balaban J connectivity index is 1.69.